The van der Waals surface area contributed by atoms with Crippen LogP contribution >= 0.6 is 7.82 Å². The van der Waals surface area contributed by atoms with Gasteiger partial charge in [0.1, 0.15) is 6.10 Å². The van der Waals surface area contributed by atoms with Crippen LogP contribution in [-0.2, 0) is 27.9 Å². The quantitative estimate of drug-likeness (QED) is 0.0274. The average Bonchev–Trinajstić information content (AvgIpc) is 3.16. The van der Waals surface area contributed by atoms with Crippen LogP contribution in [0.2, 0.25) is 0 Å². The lowest BCUT2D eigenvalue weighted by molar-refractivity contribution is -0.154. The summed E-state index contributed by atoms with van der Waals surface area (Å²) in [7, 11) is -4.30. The van der Waals surface area contributed by atoms with Gasteiger partial charge in [-0.25, -0.2) is 4.57 Å². The Morgan fingerprint density at radius 1 is 0.574 bits per heavy atom. The van der Waals surface area contributed by atoms with E-state index in [9.17, 15) is 14.3 Å². The summed E-state index contributed by atoms with van der Waals surface area (Å²) in [4.78, 5) is 22.4. The van der Waals surface area contributed by atoms with Crippen molar-refractivity contribution in [3.8, 4) is 0 Å². The van der Waals surface area contributed by atoms with Gasteiger partial charge >= 0.3 is 13.8 Å². The summed E-state index contributed by atoms with van der Waals surface area (Å²) >= 11 is 0. The van der Waals surface area contributed by atoms with Gasteiger partial charge in [-0.2, -0.15) is 0 Å². The monoisotopic (exact) mass is 776 g/mol. The lowest BCUT2D eigenvalue weighted by atomic mass is 10.1. The van der Waals surface area contributed by atoms with Crippen LogP contribution in [-0.4, -0.2) is 49.9 Å². The molecule has 0 aliphatic heterocycles. The van der Waals surface area contributed by atoms with Crippen molar-refractivity contribution in [2.45, 2.75) is 161 Å². The van der Waals surface area contributed by atoms with Crippen molar-refractivity contribution in [3.05, 3.63) is 85.1 Å². The zero-order valence-corrected chi connectivity index (χ0v) is 35.1. The highest BCUT2D eigenvalue weighted by atomic mass is 31.2. The molecule has 2 atom stereocenters. The fourth-order valence-corrected chi connectivity index (χ4v) is 5.99. The predicted octanol–water partition coefficient (Wildman–Crippen LogP) is 12.5. The Morgan fingerprint density at radius 3 is 1.56 bits per heavy atom. The summed E-state index contributed by atoms with van der Waals surface area (Å²) in [5, 5.41) is 0. The van der Waals surface area contributed by atoms with E-state index in [1.807, 2.05) is 0 Å². The van der Waals surface area contributed by atoms with Gasteiger partial charge in [0.25, 0.3) is 0 Å². The Morgan fingerprint density at radius 2 is 1.04 bits per heavy atom. The van der Waals surface area contributed by atoms with Gasteiger partial charge in [0.15, 0.2) is 0 Å². The van der Waals surface area contributed by atoms with Crippen LogP contribution in [0.4, 0.5) is 0 Å². The maximum atomic E-state index is 12.6. The maximum Gasteiger partial charge on any atom is 0.472 e. The molecule has 0 spiro atoms. The summed E-state index contributed by atoms with van der Waals surface area (Å²) in [6.07, 6.45) is 53.2. The molecule has 0 saturated carbocycles. The Labute approximate surface area is 330 Å². The summed E-state index contributed by atoms with van der Waals surface area (Å²) in [5.41, 5.74) is 5.36. The first kappa shape index (κ1) is 51.7. The molecule has 0 heterocycles. The number of ether oxygens (including phenoxy) is 2. The van der Waals surface area contributed by atoms with Crippen molar-refractivity contribution < 1.29 is 32.8 Å². The molecule has 9 heteroatoms. The summed E-state index contributed by atoms with van der Waals surface area (Å²) < 4.78 is 33.3. The summed E-state index contributed by atoms with van der Waals surface area (Å²) in [6.45, 7) is 4.67. The number of nitrogens with two attached hydrogens (primary N) is 1. The molecular weight excluding hydrogens is 697 g/mol. The number of unbranched alkanes of at least 4 members (excludes halogenated alkanes) is 12. The molecule has 0 bridgehead atoms. The summed E-state index contributed by atoms with van der Waals surface area (Å²) in [5.74, 6) is -0.378. The minimum absolute atomic E-state index is 0.0869. The number of carbonyl (C=O) groups excluding carboxylic acids is 1. The second kappa shape index (κ2) is 41.8. The first-order valence-electron chi connectivity index (χ1n) is 21.1. The molecule has 0 aromatic carbocycles. The molecule has 2 unspecified atom stereocenters. The SMILES string of the molecule is CC/C=C\C/C=C\C/C=C\C/C=C\CCCCC(=O)OC(COCCCCCCCCC/C=C\C/C=C\C/C=C\CCCCC)COP(=O)(O)OCCN. The Hall–Kier alpha value is -2.32. The van der Waals surface area contributed by atoms with Crippen LogP contribution in [0, 0.1) is 0 Å². The molecule has 0 aliphatic rings. The molecule has 310 valence electrons. The molecule has 0 aromatic heterocycles. The molecule has 0 fully saturated rings. The normalized spacial score (nSPS) is 14.4. The minimum atomic E-state index is -4.30. The second-order valence-corrected chi connectivity index (χ2v) is 14.9. The van der Waals surface area contributed by atoms with Gasteiger partial charge in [0, 0.05) is 19.6 Å². The van der Waals surface area contributed by atoms with E-state index in [-0.39, 0.29) is 38.8 Å². The Balaban J connectivity index is 4.14. The largest absolute Gasteiger partial charge is 0.472 e. The molecule has 0 rings (SSSR count). The Kier molecular flexibility index (Phi) is 40.0. The van der Waals surface area contributed by atoms with E-state index in [0.29, 0.717) is 13.0 Å². The molecular formula is C45H78NO7P. The fraction of sp³-hybridized carbons (Fsp3) is 0.667. The van der Waals surface area contributed by atoms with E-state index in [1.165, 1.54) is 51.4 Å². The number of hydrogen-bond donors (Lipinski definition) is 2. The van der Waals surface area contributed by atoms with Gasteiger partial charge in [-0.1, -0.05) is 144 Å². The molecule has 0 saturated heterocycles. The third kappa shape index (κ3) is 40.9. The predicted molar refractivity (Wildman–Crippen MR) is 228 cm³/mol. The molecule has 0 amide bonds. The lowest BCUT2D eigenvalue weighted by Gasteiger charge is -2.20. The number of hydrogen-bond acceptors (Lipinski definition) is 7. The molecule has 0 aliphatic carbocycles. The van der Waals surface area contributed by atoms with Crippen LogP contribution in [0.25, 0.3) is 0 Å². The molecule has 0 aromatic rings. The van der Waals surface area contributed by atoms with Crippen molar-refractivity contribution in [3.63, 3.8) is 0 Å². The van der Waals surface area contributed by atoms with E-state index in [4.69, 9.17) is 24.3 Å². The van der Waals surface area contributed by atoms with Crippen LogP contribution in [0.1, 0.15) is 155 Å². The number of phosphoric acid groups is 1. The van der Waals surface area contributed by atoms with Gasteiger partial charge in [0.05, 0.1) is 19.8 Å². The minimum Gasteiger partial charge on any atom is -0.457 e. The van der Waals surface area contributed by atoms with E-state index >= 15 is 0 Å². The van der Waals surface area contributed by atoms with Gasteiger partial charge in [-0.15, -0.1) is 0 Å². The summed E-state index contributed by atoms with van der Waals surface area (Å²) in [6, 6.07) is 0. The van der Waals surface area contributed by atoms with E-state index in [2.05, 4.69) is 98.9 Å². The van der Waals surface area contributed by atoms with Crippen molar-refractivity contribution >= 4 is 13.8 Å². The van der Waals surface area contributed by atoms with Gasteiger partial charge in [0.2, 0.25) is 0 Å². The topological polar surface area (TPSA) is 117 Å². The van der Waals surface area contributed by atoms with E-state index in [0.717, 1.165) is 77.0 Å². The number of rotatable bonds is 39. The molecule has 54 heavy (non-hydrogen) atoms. The van der Waals surface area contributed by atoms with Crippen LogP contribution in [0.5, 0.6) is 0 Å². The third-order valence-electron chi connectivity index (χ3n) is 8.30. The highest BCUT2D eigenvalue weighted by molar-refractivity contribution is 7.47. The van der Waals surface area contributed by atoms with Crippen LogP contribution in [0.15, 0.2) is 85.1 Å². The Bertz CT molecular complexity index is 1100. The number of carbonyl (C=O) groups is 1. The van der Waals surface area contributed by atoms with E-state index in [1.54, 1.807) is 0 Å². The molecule has 3 N–H and O–H groups in total. The second-order valence-electron chi connectivity index (χ2n) is 13.5. The smallest absolute Gasteiger partial charge is 0.457 e. The first-order valence-corrected chi connectivity index (χ1v) is 22.6. The zero-order valence-electron chi connectivity index (χ0n) is 34.2. The number of esters is 1. The fourth-order valence-electron chi connectivity index (χ4n) is 5.23. The van der Waals surface area contributed by atoms with Crippen molar-refractivity contribution in [2.75, 3.05) is 33.0 Å². The highest BCUT2D eigenvalue weighted by Gasteiger charge is 2.25. The van der Waals surface area contributed by atoms with Crippen LogP contribution in [0.3, 0.4) is 0 Å². The zero-order chi connectivity index (χ0) is 39.5. The third-order valence-corrected chi connectivity index (χ3v) is 9.28. The van der Waals surface area contributed by atoms with Crippen LogP contribution < -0.4 is 5.73 Å². The van der Waals surface area contributed by atoms with Gasteiger partial charge in [-0.3, -0.25) is 13.8 Å². The van der Waals surface area contributed by atoms with Crippen molar-refractivity contribution in [1.29, 1.82) is 0 Å². The first-order chi connectivity index (χ1) is 26.4. The molecule has 0 radical (unpaired) electrons. The lowest BCUT2D eigenvalue weighted by Crippen LogP contribution is -2.28. The number of allylic oxidation sites excluding steroid dienone is 14. The molecule has 8 nitrogen and oxygen atoms in total. The standard InChI is InChI=1S/C45H78NO7P/c1-3-5-7-9-11-13-15-17-19-20-21-22-23-25-27-29-31-33-35-37-40-50-42-44(43-52-54(48,49)51-41-39-46)53-45(47)38-36-34-32-30-28-26-24-18-16-14-12-10-8-6-4-2/h6,8,11-14,17-19,21-22,24,28,30,44H,3-5,7,9-10,15-16,20,23,25-27,29,31-43,46H2,1-2H3,(H,48,49)/b8-6-,13-11-,14-12-,19-17-,22-21-,24-18-,30-28-. The van der Waals surface area contributed by atoms with Crippen molar-refractivity contribution in [2.24, 2.45) is 5.73 Å². The average molecular weight is 776 g/mol. The number of phosphoric ester groups is 1. The van der Waals surface area contributed by atoms with Gasteiger partial charge in [-0.05, 0) is 89.9 Å². The maximum absolute atomic E-state index is 12.6. The van der Waals surface area contributed by atoms with E-state index < -0.39 is 13.9 Å². The van der Waals surface area contributed by atoms with Gasteiger partial charge < -0.3 is 20.1 Å². The van der Waals surface area contributed by atoms with Crippen molar-refractivity contribution in [1.82, 2.24) is 0 Å². The highest BCUT2D eigenvalue weighted by Crippen LogP contribution is 2.43.